The molecule has 2 rings (SSSR count). The number of nitrogens with zero attached hydrogens (tertiary/aromatic N) is 1. The number of halogens is 1. The summed E-state index contributed by atoms with van der Waals surface area (Å²) in [6, 6.07) is 14.3. The van der Waals surface area contributed by atoms with Crippen LogP contribution in [0.15, 0.2) is 48.5 Å². The second kappa shape index (κ2) is 9.08. The van der Waals surface area contributed by atoms with E-state index >= 15 is 0 Å². The molecule has 2 aromatic rings. The summed E-state index contributed by atoms with van der Waals surface area (Å²) in [7, 11) is 0. The Morgan fingerprint density at radius 2 is 1.72 bits per heavy atom. The maximum absolute atomic E-state index is 12.2. The van der Waals surface area contributed by atoms with Crippen molar-refractivity contribution in [3.05, 3.63) is 59.1 Å². The van der Waals surface area contributed by atoms with Crippen molar-refractivity contribution in [1.29, 1.82) is 0 Å². The summed E-state index contributed by atoms with van der Waals surface area (Å²) < 4.78 is 5.39. The van der Waals surface area contributed by atoms with Gasteiger partial charge in [0.15, 0.2) is 0 Å². The highest BCUT2D eigenvalue weighted by molar-refractivity contribution is 6.30. The molecule has 1 N–H and O–H groups in total. The minimum Gasteiger partial charge on any atom is -0.494 e. The lowest BCUT2D eigenvalue weighted by Crippen LogP contribution is -2.39. The van der Waals surface area contributed by atoms with E-state index in [0.29, 0.717) is 23.9 Å². The first-order valence-corrected chi connectivity index (χ1v) is 8.39. The van der Waals surface area contributed by atoms with E-state index in [4.69, 9.17) is 16.3 Å². The summed E-state index contributed by atoms with van der Waals surface area (Å²) in [6.45, 7) is 4.24. The lowest BCUT2D eigenvalue weighted by Gasteiger charge is -2.21. The molecule has 0 aromatic heterocycles. The highest BCUT2D eigenvalue weighted by atomic mass is 35.5. The van der Waals surface area contributed by atoms with E-state index < -0.39 is 0 Å². The van der Waals surface area contributed by atoms with E-state index in [1.807, 2.05) is 19.1 Å². The summed E-state index contributed by atoms with van der Waals surface area (Å²) in [4.78, 5) is 25.5. The first-order valence-electron chi connectivity index (χ1n) is 8.01. The van der Waals surface area contributed by atoms with Crippen molar-refractivity contribution in [2.45, 2.75) is 20.4 Å². The molecule has 0 saturated heterocycles. The molecule has 0 aliphatic rings. The largest absolute Gasteiger partial charge is 0.494 e. The van der Waals surface area contributed by atoms with Crippen molar-refractivity contribution in [2.75, 3.05) is 18.1 Å². The number of hydrogen-bond donors (Lipinski definition) is 1. The van der Waals surface area contributed by atoms with Crippen molar-refractivity contribution in [3.8, 4) is 5.75 Å². The third kappa shape index (κ3) is 5.80. The first-order chi connectivity index (χ1) is 12.0. The molecule has 0 saturated carbocycles. The summed E-state index contributed by atoms with van der Waals surface area (Å²) in [5.41, 5.74) is 1.59. The number of ether oxygens (including phenoxy) is 1. The van der Waals surface area contributed by atoms with Crippen LogP contribution in [-0.2, 0) is 16.1 Å². The SMILES string of the molecule is CCOc1ccc(N(CC(=O)NCc2ccc(Cl)cc2)C(C)=O)cc1. The summed E-state index contributed by atoms with van der Waals surface area (Å²) in [5.74, 6) is 0.284. The van der Waals surface area contributed by atoms with Gasteiger partial charge >= 0.3 is 0 Å². The smallest absolute Gasteiger partial charge is 0.240 e. The molecule has 25 heavy (non-hydrogen) atoms. The minimum absolute atomic E-state index is 0.0447. The molecule has 0 aliphatic heterocycles. The Kier molecular flexibility index (Phi) is 6.83. The molecular formula is C19H21ClN2O3. The van der Waals surface area contributed by atoms with Crippen molar-refractivity contribution in [2.24, 2.45) is 0 Å². The molecule has 6 heteroatoms. The number of carbonyl (C=O) groups excluding carboxylic acids is 2. The van der Waals surface area contributed by atoms with E-state index in [1.54, 1.807) is 36.4 Å². The molecule has 0 spiro atoms. The fourth-order valence-electron chi connectivity index (χ4n) is 2.28. The summed E-state index contributed by atoms with van der Waals surface area (Å²) >= 11 is 5.84. The Morgan fingerprint density at radius 1 is 1.08 bits per heavy atom. The quantitative estimate of drug-likeness (QED) is 0.823. The molecular weight excluding hydrogens is 340 g/mol. The third-order valence-electron chi connectivity index (χ3n) is 3.54. The minimum atomic E-state index is -0.237. The van der Waals surface area contributed by atoms with Gasteiger partial charge in [-0.1, -0.05) is 23.7 Å². The van der Waals surface area contributed by atoms with Crippen LogP contribution in [-0.4, -0.2) is 25.0 Å². The predicted octanol–water partition coefficient (Wildman–Crippen LogP) is 3.41. The zero-order valence-corrected chi connectivity index (χ0v) is 15.0. The molecule has 2 amide bonds. The molecule has 0 aliphatic carbocycles. The summed E-state index contributed by atoms with van der Waals surface area (Å²) in [6.07, 6.45) is 0. The average molecular weight is 361 g/mol. The van der Waals surface area contributed by atoms with Crippen molar-refractivity contribution >= 4 is 29.1 Å². The van der Waals surface area contributed by atoms with Gasteiger partial charge in [-0.2, -0.15) is 0 Å². The lowest BCUT2D eigenvalue weighted by atomic mass is 10.2. The monoisotopic (exact) mass is 360 g/mol. The number of hydrogen-bond acceptors (Lipinski definition) is 3. The van der Waals surface area contributed by atoms with Gasteiger partial charge in [-0.25, -0.2) is 0 Å². The lowest BCUT2D eigenvalue weighted by molar-refractivity contribution is -0.123. The van der Waals surface area contributed by atoms with Crippen LogP contribution in [0.4, 0.5) is 5.69 Å². The van der Waals surface area contributed by atoms with Gasteiger partial charge in [-0.05, 0) is 48.9 Å². The second-order valence-electron chi connectivity index (χ2n) is 5.44. The number of amides is 2. The topological polar surface area (TPSA) is 58.6 Å². The van der Waals surface area contributed by atoms with Crippen LogP contribution in [0, 0.1) is 0 Å². The third-order valence-corrected chi connectivity index (χ3v) is 3.80. The Hall–Kier alpha value is -2.53. The Morgan fingerprint density at radius 3 is 2.28 bits per heavy atom. The second-order valence-corrected chi connectivity index (χ2v) is 5.87. The number of rotatable bonds is 7. The number of anilines is 1. The van der Waals surface area contributed by atoms with E-state index in [1.165, 1.54) is 11.8 Å². The summed E-state index contributed by atoms with van der Waals surface area (Å²) in [5, 5.41) is 3.45. The first kappa shape index (κ1) is 18.8. The number of benzene rings is 2. The van der Waals surface area contributed by atoms with Crippen molar-refractivity contribution in [3.63, 3.8) is 0 Å². The van der Waals surface area contributed by atoms with Crippen LogP contribution in [0.2, 0.25) is 5.02 Å². The molecule has 0 radical (unpaired) electrons. The number of nitrogens with one attached hydrogen (secondary N) is 1. The Balaban J connectivity index is 1.96. The van der Waals surface area contributed by atoms with Gasteiger partial charge in [0.25, 0.3) is 0 Å². The van der Waals surface area contributed by atoms with Gasteiger partial charge in [-0.15, -0.1) is 0 Å². The van der Waals surface area contributed by atoms with Crippen LogP contribution >= 0.6 is 11.6 Å². The molecule has 5 nitrogen and oxygen atoms in total. The zero-order valence-electron chi connectivity index (χ0n) is 14.3. The standard InChI is InChI=1S/C19H21ClN2O3/c1-3-25-18-10-8-17(9-11-18)22(14(2)23)13-19(24)21-12-15-4-6-16(20)7-5-15/h4-11H,3,12-13H2,1-2H3,(H,21,24). The van der Waals surface area contributed by atoms with E-state index in [-0.39, 0.29) is 18.4 Å². The van der Waals surface area contributed by atoms with Crippen LogP contribution in [0.25, 0.3) is 0 Å². The van der Waals surface area contributed by atoms with Gasteiger partial charge in [0.05, 0.1) is 6.61 Å². The van der Waals surface area contributed by atoms with E-state index in [0.717, 1.165) is 11.3 Å². The Bertz CT molecular complexity index is 714. The van der Waals surface area contributed by atoms with Crippen LogP contribution in [0.3, 0.4) is 0 Å². The average Bonchev–Trinajstić information content (AvgIpc) is 2.60. The van der Waals surface area contributed by atoms with E-state index in [9.17, 15) is 9.59 Å². The zero-order chi connectivity index (χ0) is 18.2. The molecule has 132 valence electrons. The highest BCUT2D eigenvalue weighted by Crippen LogP contribution is 2.19. The van der Waals surface area contributed by atoms with Gasteiger partial charge < -0.3 is 15.0 Å². The van der Waals surface area contributed by atoms with Crippen LogP contribution in [0.5, 0.6) is 5.75 Å². The fraction of sp³-hybridized carbons (Fsp3) is 0.263. The maximum atomic E-state index is 12.2. The van der Waals surface area contributed by atoms with Crippen molar-refractivity contribution < 1.29 is 14.3 Å². The normalized spacial score (nSPS) is 10.2. The van der Waals surface area contributed by atoms with Gasteiger partial charge in [0.1, 0.15) is 12.3 Å². The predicted molar refractivity (Wildman–Crippen MR) is 98.9 cm³/mol. The molecule has 0 heterocycles. The molecule has 0 atom stereocenters. The van der Waals surface area contributed by atoms with Gasteiger partial charge in [-0.3, -0.25) is 9.59 Å². The molecule has 0 fully saturated rings. The molecule has 0 unspecified atom stereocenters. The van der Waals surface area contributed by atoms with E-state index in [2.05, 4.69) is 5.32 Å². The van der Waals surface area contributed by atoms with Crippen molar-refractivity contribution in [1.82, 2.24) is 5.32 Å². The number of carbonyl (C=O) groups is 2. The maximum Gasteiger partial charge on any atom is 0.240 e. The Labute approximate surface area is 152 Å². The van der Waals surface area contributed by atoms with Gasteiger partial charge in [0, 0.05) is 24.2 Å². The van der Waals surface area contributed by atoms with Gasteiger partial charge in [0.2, 0.25) is 11.8 Å². The fourth-order valence-corrected chi connectivity index (χ4v) is 2.40. The van der Waals surface area contributed by atoms with Crippen LogP contribution < -0.4 is 15.0 Å². The molecule has 2 aromatic carbocycles. The molecule has 0 bridgehead atoms. The van der Waals surface area contributed by atoms with Crippen LogP contribution in [0.1, 0.15) is 19.4 Å². The highest BCUT2D eigenvalue weighted by Gasteiger charge is 2.15.